The molecule has 3 nitrogen and oxygen atoms in total. The lowest BCUT2D eigenvalue weighted by Gasteiger charge is -2.24. The molecule has 0 N–H and O–H groups in total. The molecule has 2 heterocycles. The highest BCUT2D eigenvalue weighted by molar-refractivity contribution is 6.31. The second-order valence-corrected chi connectivity index (χ2v) is 6.26. The van der Waals surface area contributed by atoms with Gasteiger partial charge in [-0.3, -0.25) is 9.88 Å². The second-order valence-electron chi connectivity index (χ2n) is 5.85. The molecule has 1 aromatic carbocycles. The number of alkyl halides is 2. The molecule has 3 rings (SSSR count). The number of likely N-dealkylation sites (tertiary alicyclic amines) is 1. The van der Waals surface area contributed by atoms with Crippen LogP contribution in [-0.4, -0.2) is 35.0 Å². The Labute approximate surface area is 143 Å². The number of aromatic nitrogens is 1. The molecule has 0 saturated carbocycles. The van der Waals surface area contributed by atoms with E-state index in [0.29, 0.717) is 11.3 Å². The number of hydrogen-bond donors (Lipinski definition) is 0. The van der Waals surface area contributed by atoms with Crippen LogP contribution in [0.4, 0.5) is 13.2 Å². The van der Waals surface area contributed by atoms with E-state index in [-0.39, 0.29) is 31.1 Å². The zero-order valence-electron chi connectivity index (χ0n) is 12.8. The average molecular weight is 357 g/mol. The van der Waals surface area contributed by atoms with Crippen molar-refractivity contribution in [1.29, 1.82) is 0 Å². The third-order valence-corrected chi connectivity index (χ3v) is 4.30. The van der Waals surface area contributed by atoms with Gasteiger partial charge in [-0.05, 0) is 29.8 Å². The number of pyridine rings is 1. The fraction of sp³-hybridized carbons (Fsp3) is 0.353. The summed E-state index contributed by atoms with van der Waals surface area (Å²) in [5.74, 6) is -2.70. The molecule has 1 atom stereocenters. The fourth-order valence-electron chi connectivity index (χ4n) is 2.81. The van der Waals surface area contributed by atoms with Crippen LogP contribution in [0.5, 0.6) is 5.75 Å². The van der Waals surface area contributed by atoms with E-state index < -0.39 is 17.8 Å². The van der Waals surface area contributed by atoms with Crippen LogP contribution in [0, 0.1) is 5.82 Å². The predicted octanol–water partition coefficient (Wildman–Crippen LogP) is 4.16. The minimum Gasteiger partial charge on any atom is -0.490 e. The summed E-state index contributed by atoms with van der Waals surface area (Å²) in [7, 11) is 0. The van der Waals surface area contributed by atoms with Gasteiger partial charge in [0.1, 0.15) is 18.2 Å². The number of hydrogen-bond acceptors (Lipinski definition) is 3. The number of benzene rings is 1. The maximum atomic E-state index is 13.8. The minimum absolute atomic E-state index is 0.125. The monoisotopic (exact) mass is 356 g/mol. The largest absolute Gasteiger partial charge is 0.490 e. The minimum atomic E-state index is -2.78. The lowest BCUT2D eigenvalue weighted by Crippen LogP contribution is -2.34. The third-order valence-electron chi connectivity index (χ3n) is 3.95. The second kappa shape index (κ2) is 6.99. The summed E-state index contributed by atoms with van der Waals surface area (Å²) >= 11 is 6.01. The van der Waals surface area contributed by atoms with Crippen molar-refractivity contribution in [3.8, 4) is 5.75 Å². The Bertz CT molecular complexity index is 699. The molecular formula is C17H16ClF3N2O. The Morgan fingerprint density at radius 1 is 1.33 bits per heavy atom. The average Bonchev–Trinajstić information content (AvgIpc) is 2.83. The van der Waals surface area contributed by atoms with Crippen molar-refractivity contribution < 1.29 is 17.9 Å². The summed E-state index contributed by atoms with van der Waals surface area (Å²) in [4.78, 5) is 5.55. The Morgan fingerprint density at radius 3 is 2.88 bits per heavy atom. The first-order valence-corrected chi connectivity index (χ1v) is 7.89. The van der Waals surface area contributed by atoms with Gasteiger partial charge in [0.15, 0.2) is 0 Å². The van der Waals surface area contributed by atoms with Crippen molar-refractivity contribution in [3.63, 3.8) is 0 Å². The first-order chi connectivity index (χ1) is 11.4. The van der Waals surface area contributed by atoms with Gasteiger partial charge in [-0.15, -0.1) is 0 Å². The van der Waals surface area contributed by atoms with Crippen molar-refractivity contribution >= 4 is 11.6 Å². The van der Waals surface area contributed by atoms with Gasteiger partial charge in [-0.2, -0.15) is 0 Å². The van der Waals surface area contributed by atoms with Crippen molar-refractivity contribution in [2.45, 2.75) is 24.9 Å². The highest BCUT2D eigenvalue weighted by atomic mass is 35.5. The highest BCUT2D eigenvalue weighted by Crippen LogP contribution is 2.34. The molecule has 0 aliphatic carbocycles. The van der Waals surface area contributed by atoms with Crippen LogP contribution in [0.1, 0.15) is 12.0 Å². The molecular weight excluding hydrogens is 341 g/mol. The lowest BCUT2D eigenvalue weighted by molar-refractivity contribution is 0.0112. The van der Waals surface area contributed by atoms with Crippen molar-refractivity contribution in [2.75, 3.05) is 13.2 Å². The van der Waals surface area contributed by atoms with Gasteiger partial charge in [-0.25, -0.2) is 13.2 Å². The number of ether oxygens (including phenoxy) is 1. The lowest BCUT2D eigenvalue weighted by atomic mass is 10.1. The summed E-state index contributed by atoms with van der Waals surface area (Å²) in [6, 6.07) is 6.97. The number of halogens is 4. The predicted molar refractivity (Wildman–Crippen MR) is 84.9 cm³/mol. The molecule has 0 spiro atoms. The molecule has 0 unspecified atom stereocenters. The van der Waals surface area contributed by atoms with Gasteiger partial charge in [0.2, 0.25) is 0 Å². The van der Waals surface area contributed by atoms with Crippen molar-refractivity contribution in [2.24, 2.45) is 0 Å². The van der Waals surface area contributed by atoms with Crippen LogP contribution in [0.2, 0.25) is 5.02 Å². The first-order valence-electron chi connectivity index (χ1n) is 7.51. The maximum Gasteiger partial charge on any atom is 0.262 e. The van der Waals surface area contributed by atoms with E-state index >= 15 is 0 Å². The third kappa shape index (κ3) is 4.19. The van der Waals surface area contributed by atoms with E-state index in [2.05, 4.69) is 4.98 Å². The fourth-order valence-corrected chi connectivity index (χ4v) is 3.03. The van der Waals surface area contributed by atoms with E-state index in [4.69, 9.17) is 16.3 Å². The van der Waals surface area contributed by atoms with Crippen LogP contribution < -0.4 is 4.74 Å². The molecule has 1 aliphatic heterocycles. The summed E-state index contributed by atoms with van der Waals surface area (Å²) in [6.07, 6.45) is 2.86. The van der Waals surface area contributed by atoms with Crippen molar-refractivity contribution in [3.05, 3.63) is 59.1 Å². The molecule has 24 heavy (non-hydrogen) atoms. The van der Waals surface area contributed by atoms with Gasteiger partial charge in [-0.1, -0.05) is 17.7 Å². The standard InChI is InChI=1S/C17H16ClF3N2O/c18-16-6-13(19)4-3-12(16)9-23-11-17(20,21)7-14(23)10-24-15-2-1-5-22-8-15/h1-6,8,14H,7,9-11H2/t14-/m0/s1. The summed E-state index contributed by atoms with van der Waals surface area (Å²) in [6.45, 7) is -0.0301. The van der Waals surface area contributed by atoms with Crippen LogP contribution >= 0.6 is 11.6 Å². The van der Waals surface area contributed by atoms with E-state index in [1.54, 1.807) is 23.2 Å². The van der Waals surface area contributed by atoms with Gasteiger partial charge in [0, 0.05) is 24.2 Å². The Morgan fingerprint density at radius 2 is 2.17 bits per heavy atom. The summed E-state index contributed by atoms with van der Waals surface area (Å²) < 4.78 is 46.4. The molecule has 1 aromatic heterocycles. The van der Waals surface area contributed by atoms with E-state index in [1.165, 1.54) is 24.4 Å². The SMILES string of the molecule is Fc1ccc(CN2CC(F)(F)C[C@H]2COc2cccnc2)c(Cl)c1. The Balaban J connectivity index is 1.69. The molecule has 1 aliphatic rings. The quantitative estimate of drug-likeness (QED) is 0.804. The Hall–Kier alpha value is -1.79. The van der Waals surface area contributed by atoms with E-state index in [1.807, 2.05) is 0 Å². The Kier molecular flexibility index (Phi) is 4.96. The van der Waals surface area contributed by atoms with E-state index in [9.17, 15) is 13.2 Å². The smallest absolute Gasteiger partial charge is 0.262 e. The summed E-state index contributed by atoms with van der Waals surface area (Å²) in [5, 5.41) is 0.233. The molecule has 128 valence electrons. The van der Waals surface area contributed by atoms with Gasteiger partial charge >= 0.3 is 0 Å². The van der Waals surface area contributed by atoms with Crippen LogP contribution in [0.25, 0.3) is 0 Å². The zero-order chi connectivity index (χ0) is 17.2. The topological polar surface area (TPSA) is 25.4 Å². The van der Waals surface area contributed by atoms with Crippen LogP contribution in [-0.2, 0) is 6.54 Å². The molecule has 0 radical (unpaired) electrons. The van der Waals surface area contributed by atoms with Gasteiger partial charge in [0.25, 0.3) is 5.92 Å². The molecule has 7 heteroatoms. The zero-order valence-corrected chi connectivity index (χ0v) is 13.5. The normalized spacial score (nSPS) is 20.2. The molecule has 1 saturated heterocycles. The van der Waals surface area contributed by atoms with Crippen LogP contribution in [0.3, 0.4) is 0 Å². The number of nitrogens with zero attached hydrogens (tertiary/aromatic N) is 2. The highest BCUT2D eigenvalue weighted by Gasteiger charge is 2.45. The van der Waals surface area contributed by atoms with Crippen molar-refractivity contribution in [1.82, 2.24) is 9.88 Å². The van der Waals surface area contributed by atoms with Gasteiger partial charge < -0.3 is 4.74 Å². The van der Waals surface area contributed by atoms with E-state index in [0.717, 1.165) is 0 Å². The molecule has 0 amide bonds. The molecule has 0 bridgehead atoms. The summed E-state index contributed by atoms with van der Waals surface area (Å²) in [5.41, 5.74) is 0.613. The number of rotatable bonds is 5. The molecule has 2 aromatic rings. The van der Waals surface area contributed by atoms with Crippen LogP contribution in [0.15, 0.2) is 42.7 Å². The molecule has 1 fully saturated rings. The maximum absolute atomic E-state index is 13.8. The van der Waals surface area contributed by atoms with Gasteiger partial charge in [0.05, 0.1) is 18.8 Å². The first kappa shape index (κ1) is 17.0.